The third-order valence-electron chi connectivity index (χ3n) is 10.0. The summed E-state index contributed by atoms with van der Waals surface area (Å²) in [5, 5.41) is 6.57. The minimum Gasteiger partial charge on any atom is -0.455 e. The molecule has 0 saturated carbocycles. The van der Waals surface area contributed by atoms with Crippen LogP contribution in [0.4, 0.5) is 11.6 Å². The molecule has 0 radical (unpaired) electrons. The van der Waals surface area contributed by atoms with Gasteiger partial charge in [0.25, 0.3) is 0 Å². The molecule has 0 N–H and O–H groups in total. The highest BCUT2D eigenvalue weighted by atomic mass is 16.3. The highest BCUT2D eigenvalue weighted by molar-refractivity contribution is 6.16. The standard InChI is InChI=1S/C46H30N4O/c1-3-29-14-4-7-20-34(29)42-28(2)32-22-11-17-31-18-12-26-39(41(31)32)50(42)46-48-44(37-24-10-16-30-15-5-6-19-33(30)37)47-45(49-46)38-25-13-23-36-35-21-8-9-27-40(35)51-43(36)38/h3-27H,1H2,2H3. The van der Waals surface area contributed by atoms with Gasteiger partial charge >= 0.3 is 0 Å². The Morgan fingerprint density at radius 2 is 1.16 bits per heavy atom. The van der Waals surface area contributed by atoms with Crippen LogP contribution in [0, 0.1) is 0 Å². The third-order valence-corrected chi connectivity index (χ3v) is 10.0. The van der Waals surface area contributed by atoms with E-state index in [0.717, 1.165) is 82.7 Å². The largest absolute Gasteiger partial charge is 0.455 e. The van der Waals surface area contributed by atoms with E-state index in [9.17, 15) is 0 Å². The Morgan fingerprint density at radius 3 is 2.02 bits per heavy atom. The van der Waals surface area contributed by atoms with Crippen molar-refractivity contribution < 1.29 is 4.42 Å². The topological polar surface area (TPSA) is 55.1 Å². The van der Waals surface area contributed by atoms with Gasteiger partial charge in [-0.3, -0.25) is 4.90 Å². The van der Waals surface area contributed by atoms with Crippen LogP contribution in [0.5, 0.6) is 0 Å². The van der Waals surface area contributed by atoms with Crippen molar-refractivity contribution in [2.24, 2.45) is 0 Å². The molecule has 0 amide bonds. The van der Waals surface area contributed by atoms with E-state index in [-0.39, 0.29) is 0 Å². The highest BCUT2D eigenvalue weighted by Crippen LogP contribution is 2.49. The van der Waals surface area contributed by atoms with Crippen molar-refractivity contribution in [3.63, 3.8) is 0 Å². The van der Waals surface area contributed by atoms with Crippen LogP contribution in [-0.4, -0.2) is 15.0 Å². The summed E-state index contributed by atoms with van der Waals surface area (Å²) in [5.74, 6) is 1.64. The van der Waals surface area contributed by atoms with Gasteiger partial charge in [-0.05, 0) is 58.0 Å². The zero-order valence-corrected chi connectivity index (χ0v) is 27.8. The molecule has 0 bridgehead atoms. The number of hydrogen-bond acceptors (Lipinski definition) is 5. The Kier molecular flexibility index (Phi) is 6.48. The number of anilines is 2. The van der Waals surface area contributed by atoms with E-state index in [4.69, 9.17) is 19.4 Å². The molecule has 240 valence electrons. The van der Waals surface area contributed by atoms with Gasteiger partial charge in [-0.15, -0.1) is 0 Å². The molecule has 0 aliphatic carbocycles. The normalized spacial score (nSPS) is 12.8. The van der Waals surface area contributed by atoms with Crippen LogP contribution in [0.3, 0.4) is 0 Å². The summed E-state index contributed by atoms with van der Waals surface area (Å²) in [4.78, 5) is 18.2. The lowest BCUT2D eigenvalue weighted by molar-refractivity contribution is 0.669. The molecule has 0 unspecified atom stereocenters. The van der Waals surface area contributed by atoms with E-state index >= 15 is 0 Å². The lowest BCUT2D eigenvalue weighted by Crippen LogP contribution is -2.23. The molecule has 1 aliphatic rings. The molecule has 0 saturated heterocycles. The summed E-state index contributed by atoms with van der Waals surface area (Å²) in [6.07, 6.45) is 1.91. The van der Waals surface area contributed by atoms with E-state index in [1.54, 1.807) is 0 Å². The molecular formula is C46H30N4O. The molecular weight excluding hydrogens is 625 g/mol. The van der Waals surface area contributed by atoms with E-state index in [2.05, 4.69) is 128 Å². The first-order valence-electron chi connectivity index (χ1n) is 17.1. The second kappa shape index (κ2) is 11.4. The van der Waals surface area contributed by atoms with Gasteiger partial charge in [-0.2, -0.15) is 9.97 Å². The van der Waals surface area contributed by atoms with E-state index < -0.39 is 0 Å². The lowest BCUT2D eigenvalue weighted by Gasteiger charge is -2.34. The quantitative estimate of drug-likeness (QED) is 0.185. The zero-order chi connectivity index (χ0) is 34.1. The summed E-state index contributed by atoms with van der Waals surface area (Å²) in [7, 11) is 0. The van der Waals surface area contributed by atoms with Crippen molar-refractivity contribution in [2.45, 2.75) is 6.92 Å². The predicted octanol–water partition coefficient (Wildman–Crippen LogP) is 12.1. The molecule has 5 heteroatoms. The molecule has 7 aromatic carbocycles. The molecule has 51 heavy (non-hydrogen) atoms. The lowest BCUT2D eigenvalue weighted by atomic mass is 9.88. The van der Waals surface area contributed by atoms with Gasteiger partial charge in [-0.1, -0.05) is 140 Å². The van der Waals surface area contributed by atoms with Crippen molar-refractivity contribution in [2.75, 3.05) is 4.90 Å². The second-order valence-corrected chi connectivity index (χ2v) is 12.9. The monoisotopic (exact) mass is 654 g/mol. The fourth-order valence-electron chi connectivity index (χ4n) is 7.71. The van der Waals surface area contributed by atoms with E-state index in [1.165, 1.54) is 5.56 Å². The Balaban J connectivity index is 1.32. The molecule has 0 spiro atoms. The minimum absolute atomic E-state index is 0.520. The first-order chi connectivity index (χ1) is 25.2. The number of aromatic nitrogens is 3. The molecule has 2 aromatic heterocycles. The van der Waals surface area contributed by atoms with Gasteiger partial charge in [0.15, 0.2) is 11.6 Å². The Hall–Kier alpha value is -6.85. The smallest absolute Gasteiger partial charge is 0.238 e. The van der Waals surface area contributed by atoms with Crippen LogP contribution < -0.4 is 4.90 Å². The van der Waals surface area contributed by atoms with Crippen molar-refractivity contribution in [1.82, 2.24) is 15.0 Å². The van der Waals surface area contributed by atoms with Crippen LogP contribution in [0.1, 0.15) is 23.6 Å². The van der Waals surface area contributed by atoms with Crippen LogP contribution in [0.25, 0.3) is 83.6 Å². The van der Waals surface area contributed by atoms with Crippen LogP contribution in [0.2, 0.25) is 0 Å². The maximum atomic E-state index is 6.54. The molecule has 3 heterocycles. The number of rotatable bonds is 5. The molecule has 9 aromatic rings. The van der Waals surface area contributed by atoms with Crippen LogP contribution in [-0.2, 0) is 0 Å². The van der Waals surface area contributed by atoms with Gasteiger partial charge in [0, 0.05) is 27.3 Å². The van der Waals surface area contributed by atoms with E-state index in [1.807, 2.05) is 42.5 Å². The number of benzene rings is 7. The number of para-hydroxylation sites is 2. The van der Waals surface area contributed by atoms with Crippen molar-refractivity contribution in [1.29, 1.82) is 0 Å². The summed E-state index contributed by atoms with van der Waals surface area (Å²) < 4.78 is 6.54. The Bertz CT molecular complexity index is 2910. The Labute approximate surface area is 294 Å². The van der Waals surface area contributed by atoms with Crippen molar-refractivity contribution in [3.8, 4) is 22.8 Å². The SMILES string of the molecule is C=Cc1ccccc1C1=C(C)c2cccc3cccc(c23)N1c1nc(-c2cccc3ccccc23)nc(-c2cccc3c2oc2ccccc23)n1. The fourth-order valence-corrected chi connectivity index (χ4v) is 7.71. The van der Waals surface area contributed by atoms with Gasteiger partial charge in [0.05, 0.1) is 16.9 Å². The zero-order valence-electron chi connectivity index (χ0n) is 27.8. The molecule has 0 fully saturated rings. The van der Waals surface area contributed by atoms with Crippen molar-refractivity contribution >= 4 is 72.5 Å². The van der Waals surface area contributed by atoms with Crippen molar-refractivity contribution in [3.05, 3.63) is 169 Å². The average molecular weight is 655 g/mol. The molecule has 10 rings (SSSR count). The average Bonchev–Trinajstić information content (AvgIpc) is 3.58. The van der Waals surface area contributed by atoms with Gasteiger partial charge < -0.3 is 4.42 Å². The summed E-state index contributed by atoms with van der Waals surface area (Å²) >= 11 is 0. The first kappa shape index (κ1) is 29.1. The summed E-state index contributed by atoms with van der Waals surface area (Å²) in [6, 6.07) is 50.3. The predicted molar refractivity (Wildman–Crippen MR) is 211 cm³/mol. The fraction of sp³-hybridized carbons (Fsp3) is 0.0217. The number of hydrogen-bond donors (Lipinski definition) is 0. The molecule has 0 atom stereocenters. The van der Waals surface area contributed by atoms with Gasteiger partial charge in [0.2, 0.25) is 5.95 Å². The molecule has 1 aliphatic heterocycles. The maximum Gasteiger partial charge on any atom is 0.238 e. The van der Waals surface area contributed by atoms with Gasteiger partial charge in [0.1, 0.15) is 11.2 Å². The summed E-state index contributed by atoms with van der Waals surface area (Å²) in [6.45, 7) is 6.37. The highest BCUT2D eigenvalue weighted by Gasteiger charge is 2.31. The summed E-state index contributed by atoms with van der Waals surface area (Å²) in [5.41, 5.74) is 9.69. The number of fused-ring (bicyclic) bond motifs is 4. The third kappa shape index (κ3) is 4.45. The van der Waals surface area contributed by atoms with Crippen LogP contribution >= 0.6 is 0 Å². The maximum absolute atomic E-state index is 6.54. The minimum atomic E-state index is 0.520. The first-order valence-corrected chi connectivity index (χ1v) is 17.1. The molecule has 5 nitrogen and oxygen atoms in total. The van der Waals surface area contributed by atoms with Crippen LogP contribution in [0.15, 0.2) is 157 Å². The second-order valence-electron chi connectivity index (χ2n) is 12.9. The number of allylic oxidation sites excluding steroid dienone is 1. The Morgan fingerprint density at radius 1 is 0.549 bits per heavy atom. The van der Waals surface area contributed by atoms with E-state index in [0.29, 0.717) is 17.6 Å². The van der Waals surface area contributed by atoms with Gasteiger partial charge in [-0.25, -0.2) is 4.98 Å². The number of furan rings is 1. The number of nitrogens with zero attached hydrogens (tertiary/aromatic N) is 4.